The molecule has 106 valence electrons. The quantitative estimate of drug-likeness (QED) is 0.843. The molecule has 1 atom stereocenters. The van der Waals surface area contributed by atoms with E-state index in [9.17, 15) is 0 Å². The maximum atomic E-state index is 3.24. The first-order valence-electron chi connectivity index (χ1n) is 7.64. The largest absolute Gasteiger partial charge is 0.319 e. The number of nitrogens with zero attached hydrogens (tertiary/aromatic N) is 1. The summed E-state index contributed by atoms with van der Waals surface area (Å²) in [4.78, 5) is 2.53. The van der Waals surface area contributed by atoms with E-state index in [1.165, 1.54) is 36.8 Å². The third-order valence-corrected chi connectivity index (χ3v) is 4.44. The van der Waals surface area contributed by atoms with Crippen LogP contribution in [0.1, 0.15) is 49.7 Å². The predicted molar refractivity (Wildman–Crippen MR) is 82.5 cm³/mol. The van der Waals surface area contributed by atoms with Crippen LogP contribution in [-0.4, -0.2) is 31.6 Å². The van der Waals surface area contributed by atoms with Crippen molar-refractivity contribution in [1.82, 2.24) is 10.2 Å². The van der Waals surface area contributed by atoms with Crippen molar-refractivity contribution in [1.29, 1.82) is 0 Å². The molecule has 1 fully saturated rings. The Kier molecular flexibility index (Phi) is 5.41. The van der Waals surface area contributed by atoms with E-state index in [0.29, 0.717) is 5.92 Å². The molecule has 0 aromatic heterocycles. The lowest BCUT2D eigenvalue weighted by molar-refractivity contribution is 0.237. The molecule has 0 amide bonds. The van der Waals surface area contributed by atoms with Crippen molar-refractivity contribution in [2.24, 2.45) is 0 Å². The van der Waals surface area contributed by atoms with Crippen molar-refractivity contribution >= 4 is 0 Å². The molecule has 2 nitrogen and oxygen atoms in total. The van der Waals surface area contributed by atoms with E-state index < -0.39 is 0 Å². The van der Waals surface area contributed by atoms with Gasteiger partial charge in [-0.2, -0.15) is 0 Å². The Balaban J connectivity index is 1.90. The van der Waals surface area contributed by atoms with Gasteiger partial charge in [0.25, 0.3) is 0 Å². The van der Waals surface area contributed by atoms with Gasteiger partial charge in [-0.05, 0) is 44.0 Å². The molecular formula is C17H28N2. The maximum Gasteiger partial charge on any atom is 0.0233 e. The molecular weight excluding hydrogens is 232 g/mol. The molecule has 0 aliphatic heterocycles. The van der Waals surface area contributed by atoms with Gasteiger partial charge in [0.1, 0.15) is 0 Å². The molecule has 0 spiro atoms. The highest BCUT2D eigenvalue weighted by Gasteiger charge is 2.19. The highest BCUT2D eigenvalue weighted by Crippen LogP contribution is 2.24. The first kappa shape index (κ1) is 14.5. The number of hydrogen-bond acceptors (Lipinski definition) is 2. The molecule has 0 saturated heterocycles. The molecule has 2 heteroatoms. The molecule has 0 heterocycles. The van der Waals surface area contributed by atoms with E-state index >= 15 is 0 Å². The molecule has 1 aliphatic carbocycles. The zero-order valence-electron chi connectivity index (χ0n) is 12.7. The molecule has 1 aliphatic rings. The molecule has 1 aromatic carbocycles. The Labute approximate surface area is 118 Å². The van der Waals surface area contributed by atoms with E-state index in [4.69, 9.17) is 0 Å². The summed E-state index contributed by atoms with van der Waals surface area (Å²) in [5.74, 6) is 0.589. The van der Waals surface area contributed by atoms with Crippen LogP contribution in [0.25, 0.3) is 0 Å². The number of benzene rings is 1. The highest BCUT2D eigenvalue weighted by molar-refractivity contribution is 5.25. The minimum atomic E-state index is 0.589. The second kappa shape index (κ2) is 7.06. The Morgan fingerprint density at radius 1 is 1.21 bits per heavy atom. The third-order valence-electron chi connectivity index (χ3n) is 4.44. The Bertz CT molecular complexity index is 365. The summed E-state index contributed by atoms with van der Waals surface area (Å²) in [6.07, 6.45) is 5.59. The molecule has 0 bridgehead atoms. The van der Waals surface area contributed by atoms with Gasteiger partial charge < -0.3 is 5.32 Å². The first-order chi connectivity index (χ1) is 9.20. The van der Waals surface area contributed by atoms with E-state index in [1.54, 1.807) is 0 Å². The topological polar surface area (TPSA) is 15.3 Å². The van der Waals surface area contributed by atoms with Gasteiger partial charge in [0.2, 0.25) is 0 Å². The van der Waals surface area contributed by atoms with Crippen LogP contribution in [0.2, 0.25) is 0 Å². The van der Waals surface area contributed by atoms with Crippen LogP contribution < -0.4 is 5.32 Å². The van der Waals surface area contributed by atoms with Gasteiger partial charge in [0, 0.05) is 19.1 Å². The van der Waals surface area contributed by atoms with Gasteiger partial charge in [-0.3, -0.25) is 4.90 Å². The lowest BCUT2D eigenvalue weighted by atomic mass is 9.99. The smallest absolute Gasteiger partial charge is 0.0233 e. The molecule has 1 saturated carbocycles. The average molecular weight is 260 g/mol. The summed E-state index contributed by atoms with van der Waals surface area (Å²) in [5, 5.41) is 3.24. The SMILES string of the molecule is CNCC(C)c1ccc(CN(C)C2CCCC2)cc1. The van der Waals surface area contributed by atoms with Crippen molar-refractivity contribution in [3.8, 4) is 0 Å². The summed E-state index contributed by atoms with van der Waals surface area (Å²) >= 11 is 0. The van der Waals surface area contributed by atoms with Crippen molar-refractivity contribution in [2.75, 3.05) is 20.6 Å². The van der Waals surface area contributed by atoms with Crippen LogP contribution in [0.15, 0.2) is 24.3 Å². The fraction of sp³-hybridized carbons (Fsp3) is 0.647. The number of likely N-dealkylation sites (N-methyl/N-ethyl adjacent to an activating group) is 1. The van der Waals surface area contributed by atoms with Gasteiger partial charge >= 0.3 is 0 Å². The van der Waals surface area contributed by atoms with Crippen LogP contribution in [0.5, 0.6) is 0 Å². The van der Waals surface area contributed by atoms with Crippen LogP contribution in [0, 0.1) is 0 Å². The lowest BCUT2D eigenvalue weighted by Gasteiger charge is -2.24. The van der Waals surface area contributed by atoms with Crippen molar-refractivity contribution < 1.29 is 0 Å². The standard InChI is InChI=1S/C17H28N2/c1-14(12-18-2)16-10-8-15(9-11-16)13-19(3)17-6-4-5-7-17/h8-11,14,17-18H,4-7,12-13H2,1-3H3. The predicted octanol–water partition coefficient (Wildman–Crippen LogP) is 3.38. The fourth-order valence-corrected chi connectivity index (χ4v) is 3.14. The van der Waals surface area contributed by atoms with Crippen molar-refractivity contribution in [3.05, 3.63) is 35.4 Å². The number of hydrogen-bond donors (Lipinski definition) is 1. The summed E-state index contributed by atoms with van der Waals surface area (Å²) < 4.78 is 0. The Hall–Kier alpha value is -0.860. The molecule has 1 aromatic rings. The summed E-state index contributed by atoms with van der Waals surface area (Å²) in [5.41, 5.74) is 2.87. The van der Waals surface area contributed by atoms with Gasteiger partial charge in [-0.1, -0.05) is 44.0 Å². The summed E-state index contributed by atoms with van der Waals surface area (Å²) in [7, 11) is 4.29. The van der Waals surface area contributed by atoms with Gasteiger partial charge in [-0.15, -0.1) is 0 Å². The number of rotatable bonds is 6. The highest BCUT2D eigenvalue weighted by atomic mass is 15.1. The van der Waals surface area contributed by atoms with Crippen molar-refractivity contribution in [2.45, 2.75) is 51.1 Å². The van der Waals surface area contributed by atoms with Crippen LogP contribution in [-0.2, 0) is 6.54 Å². The molecule has 2 rings (SSSR count). The van der Waals surface area contributed by atoms with Gasteiger partial charge in [-0.25, -0.2) is 0 Å². The first-order valence-corrected chi connectivity index (χ1v) is 7.64. The minimum Gasteiger partial charge on any atom is -0.319 e. The Morgan fingerprint density at radius 2 is 1.84 bits per heavy atom. The van der Waals surface area contributed by atoms with Gasteiger partial charge in [0.05, 0.1) is 0 Å². The van der Waals surface area contributed by atoms with Crippen molar-refractivity contribution in [3.63, 3.8) is 0 Å². The average Bonchev–Trinajstić information content (AvgIpc) is 2.94. The number of nitrogens with one attached hydrogen (secondary N) is 1. The molecule has 0 radical (unpaired) electrons. The fourth-order valence-electron chi connectivity index (χ4n) is 3.14. The Morgan fingerprint density at radius 3 is 2.42 bits per heavy atom. The minimum absolute atomic E-state index is 0.589. The van der Waals surface area contributed by atoms with E-state index in [2.05, 4.69) is 48.5 Å². The van der Waals surface area contributed by atoms with Crippen LogP contribution >= 0.6 is 0 Å². The summed E-state index contributed by atoms with van der Waals surface area (Å²) in [6, 6.07) is 9.99. The van der Waals surface area contributed by atoms with Crippen LogP contribution in [0.4, 0.5) is 0 Å². The second-order valence-corrected chi connectivity index (χ2v) is 6.05. The lowest BCUT2D eigenvalue weighted by Crippen LogP contribution is -2.28. The molecule has 1 unspecified atom stereocenters. The normalized spacial score (nSPS) is 18.1. The molecule has 19 heavy (non-hydrogen) atoms. The van der Waals surface area contributed by atoms with Gasteiger partial charge in [0.15, 0.2) is 0 Å². The monoisotopic (exact) mass is 260 g/mol. The summed E-state index contributed by atoms with van der Waals surface area (Å²) in [6.45, 7) is 4.41. The third kappa shape index (κ3) is 4.05. The second-order valence-electron chi connectivity index (χ2n) is 6.05. The van der Waals surface area contributed by atoms with Crippen LogP contribution in [0.3, 0.4) is 0 Å². The maximum absolute atomic E-state index is 3.24. The van der Waals surface area contributed by atoms with E-state index in [0.717, 1.165) is 19.1 Å². The zero-order chi connectivity index (χ0) is 13.7. The van der Waals surface area contributed by atoms with E-state index in [-0.39, 0.29) is 0 Å². The van der Waals surface area contributed by atoms with E-state index in [1.807, 2.05) is 7.05 Å². The molecule has 1 N–H and O–H groups in total. The zero-order valence-corrected chi connectivity index (χ0v) is 12.7.